The molecule has 1 aliphatic carbocycles. The van der Waals surface area contributed by atoms with Crippen LogP contribution in [0.1, 0.15) is 45.4 Å². The fourth-order valence-electron chi connectivity index (χ4n) is 3.97. The van der Waals surface area contributed by atoms with E-state index in [9.17, 15) is 13.2 Å². The molecule has 1 aromatic rings. The highest BCUT2D eigenvalue weighted by atomic mass is 32.2. The highest BCUT2D eigenvalue weighted by molar-refractivity contribution is 7.89. The van der Waals surface area contributed by atoms with Crippen molar-refractivity contribution in [2.45, 2.75) is 62.9 Å². The lowest BCUT2D eigenvalue weighted by molar-refractivity contribution is -0.129. The Hall–Kier alpha value is -1.41. The van der Waals surface area contributed by atoms with E-state index in [0.717, 1.165) is 19.3 Å². The molecule has 0 aromatic carbocycles. The second-order valence-corrected chi connectivity index (χ2v) is 9.32. The molecule has 2 fully saturated rings. The average Bonchev–Trinajstić information content (AvgIpc) is 3.28. The number of nitrogens with zero attached hydrogens (tertiary/aromatic N) is 4. The van der Waals surface area contributed by atoms with Crippen LogP contribution in [0.25, 0.3) is 0 Å². The van der Waals surface area contributed by atoms with Crippen LogP contribution in [0, 0.1) is 5.92 Å². The van der Waals surface area contributed by atoms with Gasteiger partial charge in [-0.15, -0.1) is 0 Å². The van der Waals surface area contributed by atoms with Crippen LogP contribution >= 0.6 is 0 Å². The minimum absolute atomic E-state index is 0.0681. The summed E-state index contributed by atoms with van der Waals surface area (Å²) in [6, 6.07) is 0.367. The van der Waals surface area contributed by atoms with Gasteiger partial charge in [0, 0.05) is 45.3 Å². The van der Waals surface area contributed by atoms with E-state index in [-0.39, 0.29) is 16.7 Å². The molecular weight excluding hydrogens is 340 g/mol. The maximum atomic E-state index is 12.7. The molecule has 1 aromatic heterocycles. The first-order valence-electron chi connectivity index (χ1n) is 9.20. The van der Waals surface area contributed by atoms with Gasteiger partial charge in [0.25, 0.3) is 0 Å². The zero-order valence-electron chi connectivity index (χ0n) is 15.1. The Labute approximate surface area is 150 Å². The summed E-state index contributed by atoms with van der Waals surface area (Å²) in [4.78, 5) is 14.5. The van der Waals surface area contributed by atoms with Crippen molar-refractivity contribution in [3.05, 3.63) is 12.4 Å². The molecule has 1 saturated carbocycles. The normalized spacial score (nSPS) is 22.4. The lowest BCUT2D eigenvalue weighted by Gasteiger charge is -2.25. The monoisotopic (exact) mass is 368 g/mol. The summed E-state index contributed by atoms with van der Waals surface area (Å²) >= 11 is 0. The molecule has 1 amide bonds. The fourth-order valence-corrected chi connectivity index (χ4v) is 5.17. The van der Waals surface area contributed by atoms with Crippen molar-refractivity contribution in [1.82, 2.24) is 19.0 Å². The first kappa shape index (κ1) is 18.4. The van der Waals surface area contributed by atoms with Crippen molar-refractivity contribution in [2.24, 2.45) is 5.92 Å². The molecule has 25 heavy (non-hydrogen) atoms. The molecule has 0 radical (unpaired) electrons. The van der Waals surface area contributed by atoms with E-state index in [1.54, 1.807) is 17.9 Å². The van der Waals surface area contributed by atoms with Gasteiger partial charge in [0.1, 0.15) is 4.90 Å². The number of aryl methyl sites for hydroxylation is 1. The maximum Gasteiger partial charge on any atom is 0.245 e. The van der Waals surface area contributed by atoms with Crippen molar-refractivity contribution >= 4 is 15.9 Å². The molecule has 0 bridgehead atoms. The van der Waals surface area contributed by atoms with Crippen molar-refractivity contribution < 1.29 is 13.2 Å². The minimum Gasteiger partial charge on any atom is -0.339 e. The molecule has 1 saturated heterocycles. The van der Waals surface area contributed by atoms with Crippen LogP contribution in [-0.2, 0) is 21.4 Å². The van der Waals surface area contributed by atoms with Crippen LogP contribution in [-0.4, -0.2) is 59.5 Å². The van der Waals surface area contributed by atoms with Gasteiger partial charge in [0.15, 0.2) is 0 Å². The van der Waals surface area contributed by atoms with Crippen molar-refractivity contribution in [1.29, 1.82) is 0 Å². The first-order chi connectivity index (χ1) is 11.9. The van der Waals surface area contributed by atoms with Gasteiger partial charge in [-0.2, -0.15) is 5.10 Å². The highest BCUT2D eigenvalue weighted by Gasteiger charge is 2.37. The van der Waals surface area contributed by atoms with E-state index in [1.165, 1.54) is 23.3 Å². The van der Waals surface area contributed by atoms with Crippen molar-refractivity contribution in [3.63, 3.8) is 0 Å². The van der Waals surface area contributed by atoms with E-state index in [0.29, 0.717) is 32.1 Å². The summed E-state index contributed by atoms with van der Waals surface area (Å²) in [5.41, 5.74) is 0. The van der Waals surface area contributed by atoms with Crippen LogP contribution in [0.2, 0.25) is 0 Å². The fraction of sp³-hybridized carbons (Fsp3) is 0.765. The smallest absolute Gasteiger partial charge is 0.245 e. The summed E-state index contributed by atoms with van der Waals surface area (Å²) in [6.07, 6.45) is 8.90. The van der Waals surface area contributed by atoms with Gasteiger partial charge >= 0.3 is 0 Å². The molecule has 140 valence electrons. The Bertz CT molecular complexity index is 709. The number of carbonyl (C=O) groups is 1. The Morgan fingerprint density at radius 3 is 2.72 bits per heavy atom. The molecule has 1 unspecified atom stereocenters. The molecule has 8 heteroatoms. The third kappa shape index (κ3) is 3.89. The van der Waals surface area contributed by atoms with Gasteiger partial charge in [-0.25, -0.2) is 12.7 Å². The summed E-state index contributed by atoms with van der Waals surface area (Å²) in [5.74, 6) is 0.247. The van der Waals surface area contributed by atoms with E-state index < -0.39 is 10.0 Å². The second-order valence-electron chi connectivity index (χ2n) is 7.28. The number of amides is 1. The Morgan fingerprint density at radius 1 is 1.32 bits per heavy atom. The second kappa shape index (κ2) is 7.45. The molecule has 0 spiro atoms. The summed E-state index contributed by atoms with van der Waals surface area (Å²) < 4.78 is 28.5. The number of hydrogen-bond acceptors (Lipinski definition) is 4. The van der Waals surface area contributed by atoms with Gasteiger partial charge in [0.05, 0.1) is 6.20 Å². The third-order valence-electron chi connectivity index (χ3n) is 5.29. The predicted octanol–water partition coefficient (Wildman–Crippen LogP) is 1.70. The van der Waals surface area contributed by atoms with Crippen LogP contribution in [0.5, 0.6) is 0 Å². The number of sulfonamides is 1. The molecule has 3 rings (SSSR count). The molecular formula is C17H28N4O3S. The molecule has 2 heterocycles. The van der Waals surface area contributed by atoms with E-state index >= 15 is 0 Å². The number of likely N-dealkylation sites (tertiary alicyclic amines) is 1. The topological polar surface area (TPSA) is 75.5 Å². The summed E-state index contributed by atoms with van der Waals surface area (Å²) in [6.45, 7) is 3.77. The van der Waals surface area contributed by atoms with Crippen LogP contribution in [0.3, 0.4) is 0 Å². The standard InChI is InChI=1S/C17H28N4O3S/c1-3-8-20-13-16(10-18-20)25(23,24)19(2)11-14-9-17(22)21(12-14)15-6-4-5-7-15/h10,13-15H,3-9,11-12H2,1-2H3. The van der Waals surface area contributed by atoms with Gasteiger partial charge in [-0.3, -0.25) is 9.48 Å². The van der Waals surface area contributed by atoms with E-state index in [2.05, 4.69) is 5.10 Å². The number of carbonyl (C=O) groups excluding carboxylic acids is 1. The van der Waals surface area contributed by atoms with Gasteiger partial charge < -0.3 is 4.90 Å². The zero-order valence-corrected chi connectivity index (χ0v) is 15.9. The average molecular weight is 369 g/mol. The van der Waals surface area contributed by atoms with Crippen molar-refractivity contribution in [2.75, 3.05) is 20.1 Å². The van der Waals surface area contributed by atoms with Gasteiger partial charge in [-0.1, -0.05) is 19.8 Å². The number of rotatable bonds is 7. The number of hydrogen-bond donors (Lipinski definition) is 0. The lowest BCUT2D eigenvalue weighted by atomic mass is 10.1. The Balaban J connectivity index is 1.62. The predicted molar refractivity (Wildman–Crippen MR) is 94.4 cm³/mol. The Kier molecular flexibility index (Phi) is 5.48. The molecule has 1 aliphatic heterocycles. The van der Waals surface area contributed by atoms with Crippen LogP contribution in [0.4, 0.5) is 0 Å². The van der Waals surface area contributed by atoms with Gasteiger partial charge in [-0.05, 0) is 25.2 Å². The molecule has 0 N–H and O–H groups in total. The third-order valence-corrected chi connectivity index (χ3v) is 7.07. The summed E-state index contributed by atoms with van der Waals surface area (Å²) in [7, 11) is -1.97. The SMILES string of the molecule is CCCn1cc(S(=O)(=O)N(C)CC2CC(=O)N(C3CCCC3)C2)cn1. The lowest BCUT2D eigenvalue weighted by Crippen LogP contribution is -2.36. The van der Waals surface area contributed by atoms with Crippen LogP contribution < -0.4 is 0 Å². The highest BCUT2D eigenvalue weighted by Crippen LogP contribution is 2.30. The van der Waals surface area contributed by atoms with Crippen LogP contribution in [0.15, 0.2) is 17.3 Å². The summed E-state index contributed by atoms with van der Waals surface area (Å²) in [5, 5.41) is 4.11. The van der Waals surface area contributed by atoms with E-state index in [1.807, 2.05) is 11.8 Å². The largest absolute Gasteiger partial charge is 0.339 e. The number of aromatic nitrogens is 2. The molecule has 2 aliphatic rings. The van der Waals surface area contributed by atoms with Crippen molar-refractivity contribution in [3.8, 4) is 0 Å². The molecule has 1 atom stereocenters. The van der Waals surface area contributed by atoms with Gasteiger partial charge in [0.2, 0.25) is 15.9 Å². The molecule has 7 nitrogen and oxygen atoms in total. The quantitative estimate of drug-likeness (QED) is 0.734. The first-order valence-corrected chi connectivity index (χ1v) is 10.6. The minimum atomic E-state index is -3.56. The maximum absolute atomic E-state index is 12.7. The zero-order chi connectivity index (χ0) is 18.0. The van der Waals surface area contributed by atoms with E-state index in [4.69, 9.17) is 0 Å². The Morgan fingerprint density at radius 2 is 2.04 bits per heavy atom.